The average Bonchev–Trinajstić information content (AvgIpc) is 2.34. The summed E-state index contributed by atoms with van der Waals surface area (Å²) in [6.45, 7) is 0. The zero-order chi connectivity index (χ0) is 13.3. The fourth-order valence-corrected chi connectivity index (χ4v) is 2.24. The third-order valence-corrected chi connectivity index (χ3v) is 3.45. The Bertz CT molecular complexity index is 589. The molecule has 0 amide bonds. The van der Waals surface area contributed by atoms with Gasteiger partial charge in [0.05, 0.1) is 10.5 Å². The Kier molecular flexibility index (Phi) is 4.00. The van der Waals surface area contributed by atoms with Crippen LogP contribution in [0.1, 0.15) is 17.2 Å². The highest BCUT2D eigenvalue weighted by molar-refractivity contribution is 9.10. The van der Waals surface area contributed by atoms with Crippen LogP contribution in [0.2, 0.25) is 5.02 Å². The molecule has 0 aliphatic carbocycles. The standard InChI is InChI=1S/C13H9BrClF2N/c14-9-4-5-10(16)11(12(9)17)13(18)7-2-1-3-8(15)6-7/h1-6,13H,18H2. The van der Waals surface area contributed by atoms with Gasteiger partial charge in [0.2, 0.25) is 0 Å². The number of nitrogens with two attached hydrogens (primary N) is 1. The number of hydrogen-bond donors (Lipinski definition) is 1. The molecule has 0 saturated heterocycles. The van der Waals surface area contributed by atoms with Gasteiger partial charge in [-0.2, -0.15) is 0 Å². The number of benzene rings is 2. The topological polar surface area (TPSA) is 26.0 Å². The van der Waals surface area contributed by atoms with Crippen LogP contribution in [0, 0.1) is 11.6 Å². The molecule has 0 bridgehead atoms. The first-order chi connectivity index (χ1) is 8.50. The molecule has 2 aromatic rings. The van der Waals surface area contributed by atoms with Gasteiger partial charge in [-0.1, -0.05) is 23.7 Å². The van der Waals surface area contributed by atoms with Gasteiger partial charge in [-0.15, -0.1) is 0 Å². The van der Waals surface area contributed by atoms with Crippen LogP contribution in [-0.4, -0.2) is 0 Å². The third kappa shape index (κ3) is 2.55. The van der Waals surface area contributed by atoms with E-state index in [0.717, 1.165) is 0 Å². The molecule has 0 fully saturated rings. The molecule has 0 saturated carbocycles. The molecule has 0 radical (unpaired) electrons. The lowest BCUT2D eigenvalue weighted by Gasteiger charge is -2.15. The normalized spacial score (nSPS) is 12.5. The Morgan fingerprint density at radius 3 is 2.56 bits per heavy atom. The predicted molar refractivity (Wildman–Crippen MR) is 71.5 cm³/mol. The maximum atomic E-state index is 13.9. The quantitative estimate of drug-likeness (QED) is 0.809. The van der Waals surface area contributed by atoms with Gasteiger partial charge in [0.1, 0.15) is 11.6 Å². The highest BCUT2D eigenvalue weighted by atomic mass is 79.9. The Hall–Kier alpha value is -0.970. The summed E-state index contributed by atoms with van der Waals surface area (Å²) in [5.41, 5.74) is 6.28. The van der Waals surface area contributed by atoms with Crippen molar-refractivity contribution in [1.29, 1.82) is 0 Å². The number of hydrogen-bond acceptors (Lipinski definition) is 1. The van der Waals surface area contributed by atoms with Gasteiger partial charge in [-0.3, -0.25) is 0 Å². The molecule has 2 rings (SSSR count). The average molecular weight is 333 g/mol. The summed E-state index contributed by atoms with van der Waals surface area (Å²) >= 11 is 8.85. The molecule has 0 heterocycles. The van der Waals surface area contributed by atoms with Crippen LogP contribution in [0.4, 0.5) is 8.78 Å². The molecule has 0 spiro atoms. The molecule has 1 atom stereocenters. The van der Waals surface area contributed by atoms with Crippen LogP contribution in [0.5, 0.6) is 0 Å². The van der Waals surface area contributed by atoms with Crippen molar-refractivity contribution in [3.05, 3.63) is 68.7 Å². The first kappa shape index (κ1) is 13.5. The molecule has 0 aromatic heterocycles. The summed E-state index contributed by atoms with van der Waals surface area (Å²) in [6.07, 6.45) is 0. The zero-order valence-electron chi connectivity index (χ0n) is 9.13. The van der Waals surface area contributed by atoms with E-state index in [4.69, 9.17) is 17.3 Å². The van der Waals surface area contributed by atoms with Crippen LogP contribution in [0.25, 0.3) is 0 Å². The molecule has 0 aliphatic rings. The maximum absolute atomic E-state index is 13.9. The minimum atomic E-state index is -0.902. The number of rotatable bonds is 2. The Balaban J connectivity index is 2.52. The highest BCUT2D eigenvalue weighted by Crippen LogP contribution is 2.30. The molecule has 2 N–H and O–H groups in total. The Labute approximate surface area is 117 Å². The van der Waals surface area contributed by atoms with E-state index in [1.54, 1.807) is 24.3 Å². The lowest BCUT2D eigenvalue weighted by Crippen LogP contribution is -2.16. The zero-order valence-corrected chi connectivity index (χ0v) is 11.5. The summed E-state index contributed by atoms with van der Waals surface area (Å²) < 4.78 is 27.8. The largest absolute Gasteiger partial charge is 0.320 e. The van der Waals surface area contributed by atoms with Crippen molar-refractivity contribution in [2.75, 3.05) is 0 Å². The van der Waals surface area contributed by atoms with Crippen LogP contribution >= 0.6 is 27.5 Å². The van der Waals surface area contributed by atoms with Crippen molar-refractivity contribution >= 4 is 27.5 Å². The van der Waals surface area contributed by atoms with E-state index in [-0.39, 0.29) is 10.0 Å². The van der Waals surface area contributed by atoms with Gasteiger partial charge in [0.15, 0.2) is 0 Å². The Morgan fingerprint density at radius 2 is 1.89 bits per heavy atom. The van der Waals surface area contributed by atoms with E-state index in [1.807, 2.05) is 0 Å². The van der Waals surface area contributed by atoms with Gasteiger partial charge in [-0.05, 0) is 45.8 Å². The monoisotopic (exact) mass is 331 g/mol. The molecule has 18 heavy (non-hydrogen) atoms. The van der Waals surface area contributed by atoms with Crippen molar-refractivity contribution < 1.29 is 8.78 Å². The fraction of sp³-hybridized carbons (Fsp3) is 0.0769. The summed E-state index contributed by atoms with van der Waals surface area (Å²) in [4.78, 5) is 0. The highest BCUT2D eigenvalue weighted by Gasteiger charge is 2.20. The molecule has 5 heteroatoms. The van der Waals surface area contributed by atoms with Crippen molar-refractivity contribution in [3.63, 3.8) is 0 Å². The van der Waals surface area contributed by atoms with Crippen LogP contribution in [0.15, 0.2) is 40.9 Å². The van der Waals surface area contributed by atoms with Gasteiger partial charge < -0.3 is 5.73 Å². The maximum Gasteiger partial charge on any atom is 0.145 e. The lowest BCUT2D eigenvalue weighted by molar-refractivity contribution is 0.539. The Morgan fingerprint density at radius 1 is 1.17 bits per heavy atom. The second kappa shape index (κ2) is 5.34. The van der Waals surface area contributed by atoms with E-state index in [2.05, 4.69) is 15.9 Å². The number of halogens is 4. The van der Waals surface area contributed by atoms with E-state index in [0.29, 0.717) is 10.6 Å². The van der Waals surface area contributed by atoms with E-state index in [9.17, 15) is 8.78 Å². The molecule has 1 unspecified atom stereocenters. The molecule has 94 valence electrons. The summed E-state index contributed by atoms with van der Waals surface area (Å²) in [7, 11) is 0. The van der Waals surface area contributed by atoms with Crippen LogP contribution in [0.3, 0.4) is 0 Å². The lowest BCUT2D eigenvalue weighted by atomic mass is 9.99. The third-order valence-electron chi connectivity index (χ3n) is 2.60. The predicted octanol–water partition coefficient (Wildman–Crippen LogP) is 4.43. The minimum Gasteiger partial charge on any atom is -0.320 e. The first-order valence-electron chi connectivity index (χ1n) is 5.15. The second-order valence-corrected chi connectivity index (χ2v) is 5.08. The van der Waals surface area contributed by atoms with Gasteiger partial charge in [0, 0.05) is 10.6 Å². The first-order valence-corrected chi connectivity index (χ1v) is 6.32. The molecule has 1 nitrogen and oxygen atoms in total. The molecule has 2 aromatic carbocycles. The minimum absolute atomic E-state index is 0.174. The SMILES string of the molecule is NC(c1cccc(Cl)c1)c1c(F)ccc(Br)c1F. The van der Waals surface area contributed by atoms with E-state index in [1.165, 1.54) is 12.1 Å². The van der Waals surface area contributed by atoms with Crippen LogP contribution < -0.4 is 5.73 Å². The van der Waals surface area contributed by atoms with Crippen molar-refractivity contribution in [2.24, 2.45) is 5.73 Å². The van der Waals surface area contributed by atoms with Gasteiger partial charge in [-0.25, -0.2) is 8.78 Å². The summed E-state index contributed by atoms with van der Waals surface area (Å²) in [5, 5.41) is 0.471. The van der Waals surface area contributed by atoms with Crippen molar-refractivity contribution in [1.82, 2.24) is 0 Å². The smallest absolute Gasteiger partial charge is 0.145 e. The molecular weight excluding hydrogens is 324 g/mol. The molecular formula is C13H9BrClF2N. The van der Waals surface area contributed by atoms with Crippen LogP contribution in [-0.2, 0) is 0 Å². The van der Waals surface area contributed by atoms with E-state index >= 15 is 0 Å². The second-order valence-electron chi connectivity index (χ2n) is 3.79. The van der Waals surface area contributed by atoms with Gasteiger partial charge >= 0.3 is 0 Å². The summed E-state index contributed by atoms with van der Waals surface area (Å²) in [6, 6.07) is 8.20. The van der Waals surface area contributed by atoms with E-state index < -0.39 is 17.7 Å². The van der Waals surface area contributed by atoms with Crippen molar-refractivity contribution in [2.45, 2.75) is 6.04 Å². The fourth-order valence-electron chi connectivity index (χ4n) is 1.69. The molecule has 0 aliphatic heterocycles. The van der Waals surface area contributed by atoms with Gasteiger partial charge in [0.25, 0.3) is 0 Å². The van der Waals surface area contributed by atoms with Crippen molar-refractivity contribution in [3.8, 4) is 0 Å². The summed E-state index contributed by atoms with van der Waals surface area (Å²) in [5.74, 6) is -1.37.